The molecule has 1 N–H and O–H groups in total. The number of aromatic nitrogens is 2. The number of halogens is 1. The van der Waals surface area contributed by atoms with E-state index in [4.69, 9.17) is 5.11 Å². The molecule has 2 aromatic heterocycles. The highest BCUT2D eigenvalue weighted by Crippen LogP contribution is 2.29. The van der Waals surface area contributed by atoms with Crippen molar-refractivity contribution >= 4 is 27.5 Å². The van der Waals surface area contributed by atoms with Gasteiger partial charge in [0.2, 0.25) is 0 Å². The van der Waals surface area contributed by atoms with Crippen LogP contribution in [0.15, 0.2) is 30.3 Å². The van der Waals surface area contributed by atoms with E-state index in [0.29, 0.717) is 11.4 Å². The lowest BCUT2D eigenvalue weighted by Crippen LogP contribution is -2.02. The molecule has 0 atom stereocenters. The molecule has 1 aromatic carbocycles. The van der Waals surface area contributed by atoms with Crippen LogP contribution in [-0.4, -0.2) is 20.9 Å². The van der Waals surface area contributed by atoms with Crippen molar-refractivity contribution in [3.8, 4) is 0 Å². The maximum absolute atomic E-state index is 12.9. The first-order chi connectivity index (χ1) is 10.1. The third kappa shape index (κ3) is 2.54. The zero-order chi connectivity index (χ0) is 15.0. The van der Waals surface area contributed by atoms with E-state index in [1.807, 2.05) is 6.92 Å². The Morgan fingerprint density at radius 1 is 1.38 bits per heavy atom. The molecular weight excluding hydrogens is 291 g/mol. The topological polar surface area (TPSA) is 55.1 Å². The van der Waals surface area contributed by atoms with E-state index in [2.05, 4.69) is 5.10 Å². The molecule has 108 valence electrons. The molecule has 0 saturated carbocycles. The van der Waals surface area contributed by atoms with Crippen LogP contribution in [0.4, 0.5) is 4.39 Å². The van der Waals surface area contributed by atoms with Crippen molar-refractivity contribution in [3.63, 3.8) is 0 Å². The Morgan fingerprint density at radius 2 is 2.10 bits per heavy atom. The monoisotopic (exact) mass is 304 g/mol. The van der Waals surface area contributed by atoms with Crippen molar-refractivity contribution < 1.29 is 14.3 Å². The Balaban J connectivity index is 2.04. The Hall–Kier alpha value is -2.21. The van der Waals surface area contributed by atoms with Gasteiger partial charge in [-0.3, -0.25) is 4.68 Å². The molecule has 6 heteroatoms. The van der Waals surface area contributed by atoms with E-state index in [1.165, 1.54) is 23.5 Å². The summed E-state index contributed by atoms with van der Waals surface area (Å²) in [5, 5.41) is 14.5. The third-order valence-electron chi connectivity index (χ3n) is 3.29. The van der Waals surface area contributed by atoms with Gasteiger partial charge in [0.15, 0.2) is 0 Å². The lowest BCUT2D eigenvalue weighted by atomic mass is 10.2. The summed E-state index contributed by atoms with van der Waals surface area (Å²) in [5.41, 5.74) is 1.81. The molecule has 0 saturated heterocycles. The van der Waals surface area contributed by atoms with Gasteiger partial charge >= 0.3 is 5.97 Å². The minimum atomic E-state index is -0.924. The number of hydrogen-bond donors (Lipinski definition) is 1. The van der Waals surface area contributed by atoms with Gasteiger partial charge in [-0.25, -0.2) is 9.18 Å². The van der Waals surface area contributed by atoms with E-state index >= 15 is 0 Å². The fourth-order valence-electron chi connectivity index (χ4n) is 2.26. The Labute approximate surface area is 124 Å². The zero-order valence-corrected chi connectivity index (χ0v) is 12.2. The summed E-state index contributed by atoms with van der Waals surface area (Å²) in [7, 11) is 0. The van der Waals surface area contributed by atoms with Crippen LogP contribution in [-0.2, 0) is 13.0 Å². The summed E-state index contributed by atoms with van der Waals surface area (Å²) < 4.78 is 14.7. The normalized spacial score (nSPS) is 11.1. The van der Waals surface area contributed by atoms with Gasteiger partial charge < -0.3 is 5.11 Å². The molecule has 0 unspecified atom stereocenters. The van der Waals surface area contributed by atoms with Crippen molar-refractivity contribution in [3.05, 3.63) is 52.3 Å². The maximum atomic E-state index is 12.9. The van der Waals surface area contributed by atoms with E-state index < -0.39 is 5.97 Å². The van der Waals surface area contributed by atoms with Crippen molar-refractivity contribution in [2.24, 2.45) is 0 Å². The fourth-order valence-corrected chi connectivity index (χ4v) is 3.23. The Morgan fingerprint density at radius 3 is 2.71 bits per heavy atom. The summed E-state index contributed by atoms with van der Waals surface area (Å²) in [6.45, 7) is 2.48. The summed E-state index contributed by atoms with van der Waals surface area (Å²) in [6.07, 6.45) is 0.739. The van der Waals surface area contributed by atoms with Gasteiger partial charge in [-0.15, -0.1) is 11.3 Å². The lowest BCUT2D eigenvalue weighted by Gasteiger charge is -2.02. The van der Waals surface area contributed by atoms with Gasteiger partial charge in [-0.2, -0.15) is 5.10 Å². The SMILES string of the molecule is CCc1nn(Cc2ccc(F)cc2)c2sc(C(=O)O)cc12. The number of carboxylic acid groups (broad SMARTS) is 1. The first-order valence-electron chi connectivity index (χ1n) is 6.55. The number of fused-ring (bicyclic) bond motifs is 1. The Bertz CT molecular complexity index is 805. The number of hydrogen-bond acceptors (Lipinski definition) is 3. The molecule has 3 rings (SSSR count). The van der Waals surface area contributed by atoms with E-state index in [1.54, 1.807) is 22.9 Å². The molecule has 21 heavy (non-hydrogen) atoms. The number of benzene rings is 1. The molecule has 3 aromatic rings. The standard InChI is InChI=1S/C15H13FN2O2S/c1-2-12-11-7-13(15(19)20)21-14(11)18(17-12)8-9-3-5-10(16)6-4-9/h3-7H,2,8H2,1H3,(H,19,20). The highest BCUT2D eigenvalue weighted by atomic mass is 32.1. The number of thiophene rings is 1. The second-order valence-corrected chi connectivity index (χ2v) is 5.75. The summed E-state index contributed by atoms with van der Waals surface area (Å²) in [5.74, 6) is -1.20. The molecule has 0 amide bonds. The summed E-state index contributed by atoms with van der Waals surface area (Å²) >= 11 is 1.22. The lowest BCUT2D eigenvalue weighted by molar-refractivity contribution is 0.0702. The predicted octanol–water partition coefficient (Wildman–Crippen LogP) is 3.55. The molecule has 2 heterocycles. The second kappa shape index (κ2) is 5.29. The molecule has 0 radical (unpaired) electrons. The van der Waals surface area contributed by atoms with E-state index in [-0.39, 0.29) is 5.82 Å². The van der Waals surface area contributed by atoms with Crippen LogP contribution < -0.4 is 0 Å². The minimum Gasteiger partial charge on any atom is -0.477 e. The first kappa shape index (κ1) is 13.8. The molecule has 0 aliphatic carbocycles. The molecule has 0 fully saturated rings. The van der Waals surface area contributed by atoms with Crippen molar-refractivity contribution in [2.45, 2.75) is 19.9 Å². The van der Waals surface area contributed by atoms with Crippen LogP contribution in [0, 0.1) is 5.82 Å². The quantitative estimate of drug-likeness (QED) is 0.802. The van der Waals surface area contributed by atoms with Crippen LogP contribution in [0.25, 0.3) is 10.2 Å². The van der Waals surface area contributed by atoms with Gasteiger partial charge in [0.1, 0.15) is 15.5 Å². The molecule has 0 bridgehead atoms. The smallest absolute Gasteiger partial charge is 0.345 e. The average Bonchev–Trinajstić information content (AvgIpc) is 3.02. The summed E-state index contributed by atoms with van der Waals surface area (Å²) in [6, 6.07) is 7.91. The number of carboxylic acids is 1. The highest BCUT2D eigenvalue weighted by molar-refractivity contribution is 7.20. The van der Waals surface area contributed by atoms with Crippen LogP contribution in [0.2, 0.25) is 0 Å². The maximum Gasteiger partial charge on any atom is 0.345 e. The van der Waals surface area contributed by atoms with Gasteiger partial charge in [0.05, 0.1) is 12.2 Å². The van der Waals surface area contributed by atoms with Crippen LogP contribution in [0.1, 0.15) is 27.9 Å². The number of carbonyl (C=O) groups is 1. The average molecular weight is 304 g/mol. The number of aryl methyl sites for hydroxylation is 1. The van der Waals surface area contributed by atoms with E-state index in [0.717, 1.165) is 27.9 Å². The van der Waals surface area contributed by atoms with Crippen LogP contribution in [0.5, 0.6) is 0 Å². The number of rotatable bonds is 4. The van der Waals surface area contributed by atoms with Gasteiger partial charge in [0, 0.05) is 5.39 Å². The largest absolute Gasteiger partial charge is 0.477 e. The zero-order valence-electron chi connectivity index (χ0n) is 11.3. The molecule has 0 spiro atoms. The highest BCUT2D eigenvalue weighted by Gasteiger charge is 2.16. The van der Waals surface area contributed by atoms with Gasteiger partial charge in [-0.1, -0.05) is 19.1 Å². The van der Waals surface area contributed by atoms with Crippen molar-refractivity contribution in [1.82, 2.24) is 9.78 Å². The molecule has 0 aliphatic heterocycles. The predicted molar refractivity (Wildman–Crippen MR) is 79.4 cm³/mol. The van der Waals surface area contributed by atoms with Crippen molar-refractivity contribution in [2.75, 3.05) is 0 Å². The number of aromatic carboxylic acids is 1. The first-order valence-corrected chi connectivity index (χ1v) is 7.37. The number of nitrogens with zero attached hydrogens (tertiary/aromatic N) is 2. The van der Waals surface area contributed by atoms with E-state index in [9.17, 15) is 9.18 Å². The van der Waals surface area contributed by atoms with Crippen LogP contribution in [0.3, 0.4) is 0 Å². The second-order valence-electron chi connectivity index (χ2n) is 4.72. The molecule has 0 aliphatic rings. The van der Waals surface area contributed by atoms with Crippen molar-refractivity contribution in [1.29, 1.82) is 0 Å². The third-order valence-corrected chi connectivity index (χ3v) is 4.43. The van der Waals surface area contributed by atoms with Crippen LogP contribution >= 0.6 is 11.3 Å². The molecular formula is C15H13FN2O2S. The minimum absolute atomic E-state index is 0.275. The summed E-state index contributed by atoms with van der Waals surface area (Å²) in [4.78, 5) is 12.3. The Kier molecular flexibility index (Phi) is 3.47. The fraction of sp³-hybridized carbons (Fsp3) is 0.200. The van der Waals surface area contributed by atoms with Gasteiger partial charge in [-0.05, 0) is 30.2 Å². The van der Waals surface area contributed by atoms with Gasteiger partial charge in [0.25, 0.3) is 0 Å². The molecule has 4 nitrogen and oxygen atoms in total.